The zero-order chi connectivity index (χ0) is 20.2. The van der Waals surface area contributed by atoms with Crippen LogP contribution in [0.15, 0.2) is 47.8 Å². The molecule has 150 valence electrons. The number of nitrogens with one attached hydrogen (secondary N) is 1. The van der Waals surface area contributed by atoms with Crippen LogP contribution in [0.4, 0.5) is 11.4 Å². The number of hydrogen-bond donors (Lipinski definition) is 1. The largest absolute Gasteiger partial charge is 0.378 e. The van der Waals surface area contributed by atoms with E-state index < -0.39 is 0 Å². The van der Waals surface area contributed by atoms with Crippen LogP contribution in [-0.2, 0) is 16.0 Å². The first-order valence-corrected chi connectivity index (χ1v) is 10.8. The monoisotopic (exact) mass is 447 g/mol. The molecule has 1 amide bonds. The van der Waals surface area contributed by atoms with E-state index in [-0.39, 0.29) is 12.3 Å². The molecule has 0 spiro atoms. The zero-order valence-electron chi connectivity index (χ0n) is 15.5. The Kier molecular flexibility index (Phi) is 6.35. The average molecular weight is 448 g/mol. The lowest BCUT2D eigenvalue weighted by Gasteiger charge is -2.30. The fourth-order valence-electron chi connectivity index (χ4n) is 3.19. The molecule has 0 radical (unpaired) electrons. The van der Waals surface area contributed by atoms with Crippen LogP contribution in [-0.4, -0.2) is 37.2 Å². The lowest BCUT2D eigenvalue weighted by molar-refractivity contribution is -0.115. The summed E-state index contributed by atoms with van der Waals surface area (Å²) in [5, 5.41) is 6.97. The quantitative estimate of drug-likeness (QED) is 0.588. The molecule has 1 saturated heterocycles. The third kappa shape index (κ3) is 5.08. The Hall–Kier alpha value is -2.12. The van der Waals surface area contributed by atoms with Gasteiger partial charge in [0.05, 0.1) is 36.7 Å². The molecule has 2 heterocycles. The van der Waals surface area contributed by atoms with E-state index in [2.05, 4.69) is 15.2 Å². The molecule has 8 heteroatoms. The maximum absolute atomic E-state index is 12.7. The van der Waals surface area contributed by atoms with Crippen LogP contribution in [0.2, 0.25) is 10.0 Å². The minimum absolute atomic E-state index is 0.135. The number of aromatic nitrogens is 1. The smallest absolute Gasteiger partial charge is 0.230 e. The summed E-state index contributed by atoms with van der Waals surface area (Å²) in [4.78, 5) is 19.4. The van der Waals surface area contributed by atoms with Crippen molar-refractivity contribution in [1.82, 2.24) is 4.98 Å². The van der Waals surface area contributed by atoms with E-state index in [0.717, 1.165) is 35.0 Å². The zero-order valence-corrected chi connectivity index (χ0v) is 17.9. The van der Waals surface area contributed by atoms with Crippen molar-refractivity contribution in [3.05, 3.63) is 63.6 Å². The number of amides is 1. The molecule has 0 unspecified atom stereocenters. The van der Waals surface area contributed by atoms with Gasteiger partial charge in [-0.25, -0.2) is 4.98 Å². The van der Waals surface area contributed by atoms with E-state index in [4.69, 9.17) is 27.9 Å². The van der Waals surface area contributed by atoms with Gasteiger partial charge in [0, 0.05) is 34.1 Å². The van der Waals surface area contributed by atoms with Gasteiger partial charge >= 0.3 is 0 Å². The second-order valence-electron chi connectivity index (χ2n) is 6.64. The van der Waals surface area contributed by atoms with Crippen molar-refractivity contribution in [3.8, 4) is 10.6 Å². The van der Waals surface area contributed by atoms with Gasteiger partial charge in [0.15, 0.2) is 0 Å². The van der Waals surface area contributed by atoms with Crippen LogP contribution >= 0.6 is 34.5 Å². The van der Waals surface area contributed by atoms with Crippen molar-refractivity contribution >= 4 is 51.8 Å². The predicted octanol–water partition coefficient (Wildman–Crippen LogP) is 5.13. The summed E-state index contributed by atoms with van der Waals surface area (Å²) in [5.41, 5.74) is 3.31. The summed E-state index contributed by atoms with van der Waals surface area (Å²) < 4.78 is 5.42. The fourth-order valence-corrected chi connectivity index (χ4v) is 4.37. The van der Waals surface area contributed by atoms with E-state index >= 15 is 0 Å². The number of rotatable bonds is 5. The summed E-state index contributed by atoms with van der Waals surface area (Å²) in [6.07, 6.45) is 0.187. The van der Waals surface area contributed by atoms with Gasteiger partial charge in [-0.05, 0) is 30.3 Å². The van der Waals surface area contributed by atoms with Crippen LogP contribution in [0.1, 0.15) is 5.69 Å². The number of thiazole rings is 1. The van der Waals surface area contributed by atoms with Gasteiger partial charge in [0.2, 0.25) is 5.91 Å². The molecule has 2 aromatic carbocycles. The summed E-state index contributed by atoms with van der Waals surface area (Å²) in [6, 6.07) is 13.1. The molecule has 1 aliphatic rings. The Morgan fingerprint density at radius 3 is 2.72 bits per heavy atom. The van der Waals surface area contributed by atoms with Gasteiger partial charge in [-0.3, -0.25) is 4.79 Å². The highest BCUT2D eigenvalue weighted by Crippen LogP contribution is 2.30. The van der Waals surface area contributed by atoms with Gasteiger partial charge in [0.25, 0.3) is 0 Å². The summed E-state index contributed by atoms with van der Waals surface area (Å²) in [5.74, 6) is -0.135. The van der Waals surface area contributed by atoms with E-state index in [0.29, 0.717) is 28.9 Å². The first-order valence-electron chi connectivity index (χ1n) is 9.21. The highest BCUT2D eigenvalue weighted by molar-refractivity contribution is 7.13. The number of anilines is 2. The summed E-state index contributed by atoms with van der Waals surface area (Å²) in [7, 11) is 0. The van der Waals surface area contributed by atoms with Crippen LogP contribution in [0, 0.1) is 0 Å². The van der Waals surface area contributed by atoms with Gasteiger partial charge in [0.1, 0.15) is 5.01 Å². The summed E-state index contributed by atoms with van der Waals surface area (Å²) in [6.45, 7) is 2.89. The van der Waals surface area contributed by atoms with Crippen LogP contribution in [0.25, 0.3) is 10.6 Å². The maximum atomic E-state index is 12.7. The van der Waals surface area contributed by atoms with E-state index in [1.54, 1.807) is 6.07 Å². The fraction of sp³-hybridized carbons (Fsp3) is 0.238. The van der Waals surface area contributed by atoms with Crippen molar-refractivity contribution in [2.24, 2.45) is 0 Å². The Morgan fingerprint density at radius 2 is 1.93 bits per heavy atom. The molecule has 1 aliphatic heterocycles. The molecule has 0 bridgehead atoms. The van der Waals surface area contributed by atoms with E-state index in [1.165, 1.54) is 11.3 Å². The minimum atomic E-state index is -0.135. The first-order chi connectivity index (χ1) is 14.1. The number of hydrogen-bond acceptors (Lipinski definition) is 5. The third-order valence-corrected chi connectivity index (χ3v) is 5.96. The van der Waals surface area contributed by atoms with Crippen molar-refractivity contribution in [1.29, 1.82) is 0 Å². The third-order valence-electron chi connectivity index (χ3n) is 4.55. The van der Waals surface area contributed by atoms with Gasteiger partial charge < -0.3 is 15.0 Å². The Labute approximate surface area is 183 Å². The number of benzene rings is 2. The molecular weight excluding hydrogens is 429 g/mol. The molecule has 1 N–H and O–H groups in total. The van der Waals surface area contributed by atoms with Crippen LogP contribution in [0.3, 0.4) is 0 Å². The number of halogens is 2. The lowest BCUT2D eigenvalue weighted by atomic mass is 10.2. The lowest BCUT2D eigenvalue weighted by Crippen LogP contribution is -2.36. The van der Waals surface area contributed by atoms with E-state index in [1.807, 2.05) is 41.8 Å². The predicted molar refractivity (Wildman–Crippen MR) is 119 cm³/mol. The number of ether oxygens (including phenoxy) is 1. The molecule has 29 heavy (non-hydrogen) atoms. The standard InChI is InChI=1S/C21H19Cl2N3O2S/c22-15-3-1-2-14(10-15)21-24-17(13-29-21)12-20(27)25-18-11-16(23)4-5-19(18)26-6-8-28-9-7-26/h1-5,10-11,13H,6-9,12H2,(H,25,27). The van der Waals surface area contributed by atoms with Crippen molar-refractivity contribution < 1.29 is 9.53 Å². The Balaban J connectivity index is 1.47. The van der Waals surface area contributed by atoms with E-state index in [9.17, 15) is 4.79 Å². The molecular formula is C21H19Cl2N3O2S. The normalized spacial score (nSPS) is 14.1. The maximum Gasteiger partial charge on any atom is 0.230 e. The molecule has 4 rings (SSSR count). The minimum Gasteiger partial charge on any atom is -0.378 e. The van der Waals surface area contributed by atoms with Gasteiger partial charge in [-0.1, -0.05) is 35.3 Å². The highest BCUT2D eigenvalue weighted by Gasteiger charge is 2.17. The first kappa shape index (κ1) is 20.2. The SMILES string of the molecule is O=C(Cc1csc(-c2cccc(Cl)c2)n1)Nc1cc(Cl)ccc1N1CCOCC1. The van der Waals surface area contributed by atoms with Crippen LogP contribution < -0.4 is 10.2 Å². The number of nitrogens with zero attached hydrogens (tertiary/aromatic N) is 2. The molecule has 3 aromatic rings. The molecule has 0 saturated carbocycles. The second-order valence-corrected chi connectivity index (χ2v) is 8.37. The number of carbonyl (C=O) groups excluding carboxylic acids is 1. The molecule has 1 aromatic heterocycles. The average Bonchev–Trinajstić information content (AvgIpc) is 3.17. The van der Waals surface area contributed by atoms with Gasteiger partial charge in [-0.2, -0.15) is 0 Å². The van der Waals surface area contributed by atoms with Crippen molar-refractivity contribution in [2.45, 2.75) is 6.42 Å². The molecule has 0 atom stereocenters. The van der Waals surface area contributed by atoms with Crippen molar-refractivity contribution in [3.63, 3.8) is 0 Å². The van der Waals surface area contributed by atoms with Crippen molar-refractivity contribution in [2.75, 3.05) is 36.5 Å². The molecule has 5 nitrogen and oxygen atoms in total. The Bertz CT molecular complexity index is 1020. The number of morpholine rings is 1. The molecule has 1 fully saturated rings. The molecule has 0 aliphatic carbocycles. The second kappa shape index (κ2) is 9.13. The Morgan fingerprint density at radius 1 is 1.14 bits per heavy atom. The summed E-state index contributed by atoms with van der Waals surface area (Å²) >= 11 is 13.7. The van der Waals surface area contributed by atoms with Gasteiger partial charge in [-0.15, -0.1) is 11.3 Å². The highest BCUT2D eigenvalue weighted by atomic mass is 35.5. The number of carbonyl (C=O) groups is 1. The van der Waals surface area contributed by atoms with Crippen LogP contribution in [0.5, 0.6) is 0 Å². The topological polar surface area (TPSA) is 54.5 Å².